The highest BCUT2D eigenvalue weighted by Crippen LogP contribution is 2.41. The minimum Gasteiger partial charge on any atom is -0.362 e. The maximum atomic E-state index is 15.1. The number of amidine groups is 1. The number of thioether (sulfide) groups is 1. The van der Waals surface area contributed by atoms with Crippen LogP contribution in [0, 0.1) is 5.82 Å². The molecule has 4 nitrogen and oxygen atoms in total. The van der Waals surface area contributed by atoms with E-state index in [2.05, 4.69) is 43.7 Å². The van der Waals surface area contributed by atoms with Crippen LogP contribution in [0.1, 0.15) is 59.1 Å². The molecule has 2 heterocycles. The maximum Gasteiger partial charge on any atom is 0.266 e. The number of rotatable bonds is 5. The number of anilines is 1. The Labute approximate surface area is 177 Å². The number of benzene rings is 1. The monoisotopic (exact) mass is 415 g/mol. The third-order valence-corrected chi connectivity index (χ3v) is 6.37. The Morgan fingerprint density at radius 1 is 1.24 bits per heavy atom. The smallest absolute Gasteiger partial charge is 0.266 e. The SMILES string of the molecule is CCCN1c2cc(F)c(/C=C3/SC(=NCC)N(CC)C3=O)cc2C(C)=CC1(C)C. The quantitative estimate of drug-likeness (QED) is 0.592. The van der Waals surface area contributed by atoms with E-state index in [1.165, 1.54) is 11.8 Å². The highest BCUT2D eigenvalue weighted by atomic mass is 32.2. The van der Waals surface area contributed by atoms with Crippen LogP contribution in [0.5, 0.6) is 0 Å². The number of allylic oxidation sites excluding steroid dienone is 1. The molecular weight excluding hydrogens is 385 g/mol. The summed E-state index contributed by atoms with van der Waals surface area (Å²) in [6, 6.07) is 3.50. The largest absolute Gasteiger partial charge is 0.362 e. The highest BCUT2D eigenvalue weighted by Gasteiger charge is 2.34. The van der Waals surface area contributed by atoms with Gasteiger partial charge in [0.25, 0.3) is 5.91 Å². The summed E-state index contributed by atoms with van der Waals surface area (Å²) in [4.78, 5) is 21.6. The molecule has 0 saturated carbocycles. The van der Waals surface area contributed by atoms with Crippen LogP contribution in [0.25, 0.3) is 11.6 Å². The van der Waals surface area contributed by atoms with Gasteiger partial charge in [-0.1, -0.05) is 13.0 Å². The second kappa shape index (κ2) is 8.34. The molecular formula is C23H30FN3OS. The van der Waals surface area contributed by atoms with Crippen LogP contribution in [0.15, 0.2) is 28.1 Å². The first kappa shape index (κ1) is 21.6. The van der Waals surface area contributed by atoms with Crippen molar-refractivity contribution < 1.29 is 9.18 Å². The minimum atomic E-state index is -0.305. The van der Waals surface area contributed by atoms with Crippen LogP contribution in [-0.4, -0.2) is 41.1 Å². The van der Waals surface area contributed by atoms with E-state index >= 15 is 4.39 Å². The van der Waals surface area contributed by atoms with Crippen molar-refractivity contribution >= 4 is 40.2 Å². The fourth-order valence-corrected chi connectivity index (χ4v) is 5.13. The standard InChI is InChI=1S/C23H30FN3OS/c1-7-10-27-19-13-18(24)16(11-17(19)15(4)14-23(27,5)6)12-20-21(28)26(9-3)22(29-20)25-8-2/h11-14H,7-10H2,1-6H3/b20-12+,25-22?. The van der Waals surface area contributed by atoms with Gasteiger partial charge in [0.15, 0.2) is 5.17 Å². The van der Waals surface area contributed by atoms with E-state index in [1.807, 2.05) is 19.9 Å². The van der Waals surface area contributed by atoms with E-state index in [1.54, 1.807) is 17.0 Å². The number of aliphatic imine (C=N–C) groups is 1. The first-order valence-corrected chi connectivity index (χ1v) is 11.1. The molecule has 0 unspecified atom stereocenters. The number of fused-ring (bicyclic) bond motifs is 1. The first-order valence-electron chi connectivity index (χ1n) is 10.3. The van der Waals surface area contributed by atoms with Crippen LogP contribution in [0.3, 0.4) is 0 Å². The molecule has 2 aliphatic rings. The predicted octanol–water partition coefficient (Wildman–Crippen LogP) is 5.55. The van der Waals surface area contributed by atoms with Crippen molar-refractivity contribution in [2.75, 3.05) is 24.5 Å². The highest BCUT2D eigenvalue weighted by molar-refractivity contribution is 8.18. The summed E-state index contributed by atoms with van der Waals surface area (Å²) in [6.07, 6.45) is 4.89. The number of hydrogen-bond acceptors (Lipinski definition) is 4. The average Bonchev–Trinajstić information content (AvgIpc) is 2.94. The van der Waals surface area contributed by atoms with Gasteiger partial charge in [-0.25, -0.2) is 4.39 Å². The Kier molecular flexibility index (Phi) is 6.22. The zero-order valence-corrected chi connectivity index (χ0v) is 19.0. The van der Waals surface area contributed by atoms with Gasteiger partial charge in [-0.2, -0.15) is 0 Å². The van der Waals surface area contributed by atoms with Gasteiger partial charge in [0.2, 0.25) is 0 Å². The third-order valence-electron chi connectivity index (χ3n) is 5.33. The summed E-state index contributed by atoms with van der Waals surface area (Å²) in [5, 5.41) is 0.691. The molecule has 0 radical (unpaired) electrons. The van der Waals surface area contributed by atoms with E-state index in [4.69, 9.17) is 0 Å². The second-order valence-electron chi connectivity index (χ2n) is 7.94. The molecule has 0 bridgehead atoms. The maximum absolute atomic E-state index is 15.1. The molecule has 1 amide bonds. The van der Waals surface area contributed by atoms with Crippen LogP contribution in [0.2, 0.25) is 0 Å². The van der Waals surface area contributed by atoms with Crippen LogP contribution >= 0.6 is 11.8 Å². The van der Waals surface area contributed by atoms with Crippen LogP contribution in [0.4, 0.5) is 10.1 Å². The van der Waals surface area contributed by atoms with E-state index < -0.39 is 0 Å². The molecule has 0 aromatic heterocycles. The Morgan fingerprint density at radius 2 is 1.97 bits per heavy atom. The summed E-state index contributed by atoms with van der Waals surface area (Å²) in [6.45, 7) is 14.4. The Bertz CT molecular complexity index is 917. The summed E-state index contributed by atoms with van der Waals surface area (Å²) in [5.74, 6) is -0.414. The van der Waals surface area contributed by atoms with Gasteiger partial charge in [-0.3, -0.25) is 14.7 Å². The second-order valence-corrected chi connectivity index (χ2v) is 8.95. The van der Waals surface area contributed by atoms with Crippen molar-refractivity contribution in [3.8, 4) is 0 Å². The van der Waals surface area contributed by atoms with Crippen LogP contribution in [-0.2, 0) is 4.79 Å². The van der Waals surface area contributed by atoms with Crippen molar-refractivity contribution in [1.82, 2.24) is 4.90 Å². The molecule has 0 atom stereocenters. The summed E-state index contributed by atoms with van der Waals surface area (Å²) in [5.41, 5.74) is 3.36. The summed E-state index contributed by atoms with van der Waals surface area (Å²) in [7, 11) is 0. The normalized spacial score (nSPS) is 21.2. The molecule has 0 spiro atoms. The summed E-state index contributed by atoms with van der Waals surface area (Å²) >= 11 is 1.32. The average molecular weight is 416 g/mol. The number of amides is 1. The summed E-state index contributed by atoms with van der Waals surface area (Å²) < 4.78 is 15.1. The molecule has 3 rings (SSSR count). The molecule has 2 aliphatic heterocycles. The molecule has 1 saturated heterocycles. The number of likely N-dealkylation sites (N-methyl/N-ethyl adjacent to an activating group) is 1. The first-order chi connectivity index (χ1) is 13.7. The lowest BCUT2D eigenvalue weighted by Crippen LogP contribution is -2.45. The number of halogens is 1. The van der Waals surface area contributed by atoms with Gasteiger partial charge in [0, 0.05) is 36.4 Å². The van der Waals surface area contributed by atoms with Crippen molar-refractivity contribution in [3.63, 3.8) is 0 Å². The van der Waals surface area contributed by atoms with E-state index in [9.17, 15) is 4.79 Å². The number of hydrogen-bond donors (Lipinski definition) is 0. The lowest BCUT2D eigenvalue weighted by atomic mass is 9.87. The van der Waals surface area contributed by atoms with Gasteiger partial charge >= 0.3 is 0 Å². The van der Waals surface area contributed by atoms with Gasteiger partial charge < -0.3 is 4.90 Å². The van der Waals surface area contributed by atoms with Gasteiger partial charge in [-0.15, -0.1) is 0 Å². The molecule has 0 N–H and O–H groups in total. The molecule has 29 heavy (non-hydrogen) atoms. The topological polar surface area (TPSA) is 35.9 Å². The minimum absolute atomic E-state index is 0.108. The van der Waals surface area contributed by atoms with Crippen molar-refractivity contribution in [2.45, 2.75) is 53.5 Å². The number of carbonyl (C=O) groups excluding carboxylic acids is 1. The van der Waals surface area contributed by atoms with E-state index in [0.29, 0.717) is 28.7 Å². The van der Waals surface area contributed by atoms with Crippen molar-refractivity contribution in [2.24, 2.45) is 4.99 Å². The van der Waals surface area contributed by atoms with Crippen molar-refractivity contribution in [3.05, 3.63) is 40.1 Å². The van der Waals surface area contributed by atoms with Gasteiger partial charge in [0.1, 0.15) is 5.82 Å². The molecule has 6 heteroatoms. The molecule has 1 fully saturated rings. The number of nitrogens with zero attached hydrogens (tertiary/aromatic N) is 3. The Hall–Kier alpha value is -2.08. The van der Waals surface area contributed by atoms with E-state index in [-0.39, 0.29) is 17.3 Å². The van der Waals surface area contributed by atoms with Crippen molar-refractivity contribution in [1.29, 1.82) is 0 Å². The molecule has 156 valence electrons. The Balaban J connectivity index is 2.06. The number of carbonyl (C=O) groups is 1. The third kappa shape index (κ3) is 4.00. The van der Waals surface area contributed by atoms with E-state index in [0.717, 1.165) is 29.8 Å². The zero-order valence-electron chi connectivity index (χ0n) is 18.2. The lowest BCUT2D eigenvalue weighted by molar-refractivity contribution is -0.122. The van der Waals surface area contributed by atoms with Crippen LogP contribution < -0.4 is 4.90 Å². The predicted molar refractivity (Wildman–Crippen MR) is 123 cm³/mol. The molecule has 1 aromatic carbocycles. The lowest BCUT2D eigenvalue weighted by Gasteiger charge is -2.43. The van der Waals surface area contributed by atoms with Gasteiger partial charge in [0.05, 0.1) is 10.4 Å². The van der Waals surface area contributed by atoms with Gasteiger partial charge in [-0.05, 0) is 76.6 Å². The fourth-order valence-electron chi connectivity index (χ4n) is 4.04. The molecule has 0 aliphatic carbocycles. The zero-order chi connectivity index (χ0) is 21.3. The molecule has 1 aromatic rings. The Morgan fingerprint density at radius 3 is 2.59 bits per heavy atom. The fraction of sp³-hybridized carbons (Fsp3) is 0.478.